The van der Waals surface area contributed by atoms with Gasteiger partial charge in [0.2, 0.25) is 0 Å². The number of aromatic nitrogens is 2. The Morgan fingerprint density at radius 1 is 1.32 bits per heavy atom. The summed E-state index contributed by atoms with van der Waals surface area (Å²) in [5.74, 6) is -0.249. The van der Waals surface area contributed by atoms with Gasteiger partial charge in [0.25, 0.3) is 5.91 Å². The van der Waals surface area contributed by atoms with E-state index < -0.39 is 11.7 Å². The van der Waals surface area contributed by atoms with Gasteiger partial charge in [0, 0.05) is 25.2 Å². The maximum absolute atomic E-state index is 12.8. The van der Waals surface area contributed by atoms with Gasteiger partial charge >= 0.3 is 6.18 Å². The molecular weight excluding hydrogens is 295 g/mol. The Bertz CT molecular complexity index is 667. The lowest BCUT2D eigenvalue weighted by Gasteiger charge is -2.16. The second kappa shape index (κ2) is 5.47. The number of halogens is 3. The molecule has 1 aromatic heterocycles. The van der Waals surface area contributed by atoms with Crippen LogP contribution in [0.4, 0.5) is 13.2 Å². The molecule has 1 atom stereocenters. The highest BCUT2D eigenvalue weighted by atomic mass is 19.4. The summed E-state index contributed by atoms with van der Waals surface area (Å²) >= 11 is 0. The molecule has 0 spiro atoms. The first-order valence-electron chi connectivity index (χ1n) is 6.91. The molecule has 0 aliphatic carbocycles. The Labute approximate surface area is 124 Å². The predicted molar refractivity (Wildman–Crippen MR) is 73.3 cm³/mol. The molecule has 2 aromatic rings. The molecule has 1 fully saturated rings. The Hall–Kier alpha value is -2.31. The molecule has 0 radical (unpaired) electrons. The molecule has 1 amide bonds. The number of amides is 1. The number of aromatic amines is 1. The van der Waals surface area contributed by atoms with Crippen LogP contribution < -0.4 is 0 Å². The van der Waals surface area contributed by atoms with Crippen LogP contribution in [0.15, 0.2) is 36.5 Å². The molecule has 1 N–H and O–H groups in total. The minimum absolute atomic E-state index is 0.0748. The van der Waals surface area contributed by atoms with Crippen LogP contribution in [0.25, 0.3) is 0 Å². The average molecular weight is 309 g/mol. The topological polar surface area (TPSA) is 49.0 Å². The van der Waals surface area contributed by atoms with E-state index in [0.717, 1.165) is 6.07 Å². The fraction of sp³-hybridized carbons (Fsp3) is 0.333. The van der Waals surface area contributed by atoms with Crippen LogP contribution in [0, 0.1) is 0 Å². The van der Waals surface area contributed by atoms with Crippen LogP contribution in [0.2, 0.25) is 0 Å². The summed E-state index contributed by atoms with van der Waals surface area (Å²) in [6, 6.07) is 6.92. The Kier molecular flexibility index (Phi) is 3.64. The van der Waals surface area contributed by atoms with Gasteiger partial charge in [0.1, 0.15) is 5.69 Å². The van der Waals surface area contributed by atoms with Crippen LogP contribution in [0.3, 0.4) is 0 Å². The fourth-order valence-electron chi connectivity index (χ4n) is 2.73. The molecule has 0 bridgehead atoms. The molecule has 0 unspecified atom stereocenters. The van der Waals surface area contributed by atoms with Gasteiger partial charge in [-0.05, 0) is 24.1 Å². The van der Waals surface area contributed by atoms with Gasteiger partial charge in [-0.3, -0.25) is 9.89 Å². The maximum atomic E-state index is 12.8. The second-order valence-corrected chi connectivity index (χ2v) is 5.33. The Balaban J connectivity index is 1.74. The number of nitrogens with one attached hydrogen (secondary N) is 1. The number of hydrogen-bond acceptors (Lipinski definition) is 2. The van der Waals surface area contributed by atoms with Gasteiger partial charge in [-0.1, -0.05) is 18.2 Å². The lowest BCUT2D eigenvalue weighted by atomic mass is 9.96. The summed E-state index contributed by atoms with van der Waals surface area (Å²) in [4.78, 5) is 13.8. The Morgan fingerprint density at radius 3 is 2.82 bits per heavy atom. The fourth-order valence-corrected chi connectivity index (χ4v) is 2.73. The van der Waals surface area contributed by atoms with Crippen molar-refractivity contribution in [3.63, 3.8) is 0 Å². The molecule has 2 heterocycles. The number of nitrogens with zero attached hydrogens (tertiary/aromatic N) is 2. The van der Waals surface area contributed by atoms with Gasteiger partial charge in [-0.15, -0.1) is 0 Å². The number of rotatable bonds is 2. The summed E-state index contributed by atoms with van der Waals surface area (Å²) in [6.07, 6.45) is -2.20. The normalized spacial score (nSPS) is 18.7. The van der Waals surface area contributed by atoms with E-state index in [0.29, 0.717) is 30.8 Å². The molecule has 1 aliphatic heterocycles. The first-order chi connectivity index (χ1) is 10.4. The highest BCUT2D eigenvalue weighted by Gasteiger charge is 2.33. The zero-order chi connectivity index (χ0) is 15.7. The van der Waals surface area contributed by atoms with Crippen molar-refractivity contribution >= 4 is 5.91 Å². The number of benzene rings is 1. The molecule has 7 heteroatoms. The highest BCUT2D eigenvalue weighted by molar-refractivity contribution is 5.92. The van der Waals surface area contributed by atoms with Crippen molar-refractivity contribution in [2.24, 2.45) is 0 Å². The van der Waals surface area contributed by atoms with Gasteiger partial charge < -0.3 is 4.90 Å². The monoisotopic (exact) mass is 309 g/mol. The van der Waals surface area contributed by atoms with Crippen molar-refractivity contribution in [1.82, 2.24) is 15.1 Å². The van der Waals surface area contributed by atoms with E-state index in [1.807, 2.05) is 0 Å². The van der Waals surface area contributed by atoms with Crippen molar-refractivity contribution in [3.05, 3.63) is 53.3 Å². The summed E-state index contributed by atoms with van der Waals surface area (Å²) in [5.41, 5.74) is 0.364. The quantitative estimate of drug-likeness (QED) is 0.927. The number of hydrogen-bond donors (Lipinski definition) is 1. The first-order valence-corrected chi connectivity index (χ1v) is 6.91. The summed E-state index contributed by atoms with van der Waals surface area (Å²) in [7, 11) is 0. The van der Waals surface area contributed by atoms with Crippen molar-refractivity contribution in [2.75, 3.05) is 13.1 Å². The maximum Gasteiger partial charge on any atom is 0.416 e. The minimum atomic E-state index is -4.35. The molecule has 4 nitrogen and oxygen atoms in total. The summed E-state index contributed by atoms with van der Waals surface area (Å²) < 4.78 is 38.3. The third kappa shape index (κ3) is 2.84. The van der Waals surface area contributed by atoms with E-state index in [1.54, 1.807) is 17.0 Å². The van der Waals surface area contributed by atoms with Gasteiger partial charge in [0.05, 0.1) is 5.56 Å². The van der Waals surface area contributed by atoms with Gasteiger partial charge in [-0.2, -0.15) is 18.3 Å². The molecule has 1 saturated heterocycles. The number of alkyl halides is 3. The molecule has 116 valence electrons. The van der Waals surface area contributed by atoms with Crippen LogP contribution in [-0.2, 0) is 6.18 Å². The van der Waals surface area contributed by atoms with Crippen LogP contribution in [0.5, 0.6) is 0 Å². The standard InChI is InChI=1S/C15H14F3N3O/c16-15(17,18)12-3-1-2-10(8-12)11-5-7-21(9-11)14(22)13-4-6-19-20-13/h1-4,6,8,11H,5,7,9H2,(H,19,20)/t11-/m1/s1. The van der Waals surface area contributed by atoms with E-state index in [9.17, 15) is 18.0 Å². The molecule has 1 aromatic carbocycles. The molecule has 0 saturated carbocycles. The smallest absolute Gasteiger partial charge is 0.337 e. The van der Waals surface area contributed by atoms with E-state index in [4.69, 9.17) is 0 Å². The lowest BCUT2D eigenvalue weighted by Crippen LogP contribution is -2.28. The van der Waals surface area contributed by atoms with Crippen LogP contribution >= 0.6 is 0 Å². The third-order valence-electron chi connectivity index (χ3n) is 3.89. The summed E-state index contributed by atoms with van der Waals surface area (Å²) in [5, 5.41) is 6.34. The van der Waals surface area contributed by atoms with Crippen molar-refractivity contribution < 1.29 is 18.0 Å². The molecule has 3 rings (SSSR count). The largest absolute Gasteiger partial charge is 0.416 e. The SMILES string of the molecule is O=C(c1ccn[nH]1)N1CC[C@@H](c2cccc(C(F)(F)F)c2)C1. The second-order valence-electron chi connectivity index (χ2n) is 5.33. The van der Waals surface area contributed by atoms with Crippen molar-refractivity contribution in [1.29, 1.82) is 0 Å². The first kappa shape index (κ1) is 14.6. The van der Waals surface area contributed by atoms with Crippen LogP contribution in [0.1, 0.15) is 34.0 Å². The van der Waals surface area contributed by atoms with Crippen molar-refractivity contribution in [2.45, 2.75) is 18.5 Å². The Morgan fingerprint density at radius 2 is 2.14 bits per heavy atom. The van der Waals surface area contributed by atoms with Gasteiger partial charge in [-0.25, -0.2) is 0 Å². The van der Waals surface area contributed by atoms with E-state index in [-0.39, 0.29) is 11.8 Å². The van der Waals surface area contributed by atoms with E-state index >= 15 is 0 Å². The number of carbonyl (C=O) groups is 1. The lowest BCUT2D eigenvalue weighted by molar-refractivity contribution is -0.137. The molecular formula is C15H14F3N3O. The average Bonchev–Trinajstić information content (AvgIpc) is 3.17. The predicted octanol–water partition coefficient (Wildman–Crippen LogP) is 3.06. The third-order valence-corrected chi connectivity index (χ3v) is 3.89. The minimum Gasteiger partial charge on any atom is -0.337 e. The number of likely N-dealkylation sites (tertiary alicyclic amines) is 1. The highest BCUT2D eigenvalue weighted by Crippen LogP contribution is 2.33. The number of carbonyl (C=O) groups excluding carboxylic acids is 1. The van der Waals surface area contributed by atoms with E-state index in [1.165, 1.54) is 18.3 Å². The van der Waals surface area contributed by atoms with Crippen LogP contribution in [-0.4, -0.2) is 34.1 Å². The molecule has 22 heavy (non-hydrogen) atoms. The summed E-state index contributed by atoms with van der Waals surface area (Å²) in [6.45, 7) is 0.942. The molecule has 1 aliphatic rings. The van der Waals surface area contributed by atoms with Gasteiger partial charge in [0.15, 0.2) is 0 Å². The number of H-pyrrole nitrogens is 1. The van der Waals surface area contributed by atoms with Crippen molar-refractivity contribution in [3.8, 4) is 0 Å². The zero-order valence-electron chi connectivity index (χ0n) is 11.6. The zero-order valence-corrected chi connectivity index (χ0v) is 11.6. The van der Waals surface area contributed by atoms with E-state index in [2.05, 4.69) is 10.2 Å².